The quantitative estimate of drug-likeness (QED) is 0.668. The Morgan fingerprint density at radius 1 is 1.13 bits per heavy atom. The molecule has 4 amide bonds. The number of alkyl halides is 3. The smallest absolute Gasteiger partial charge is 0.332 e. The summed E-state index contributed by atoms with van der Waals surface area (Å²) in [5, 5.41) is 2.24. The number of piperidine rings is 1. The number of aromatic nitrogens is 1. The summed E-state index contributed by atoms with van der Waals surface area (Å²) in [4.78, 5) is 56.1. The number of nitrogens with one attached hydrogen (secondary N) is 1. The summed E-state index contributed by atoms with van der Waals surface area (Å²) in [6.45, 7) is 1.04. The summed E-state index contributed by atoms with van der Waals surface area (Å²) in [6, 6.07) is 2.59. The summed E-state index contributed by atoms with van der Waals surface area (Å²) >= 11 is 0. The Balaban J connectivity index is 1.38. The van der Waals surface area contributed by atoms with Crippen molar-refractivity contribution in [1.82, 2.24) is 25.0 Å². The number of nitrogens with zero attached hydrogens (tertiary/aromatic N) is 4. The van der Waals surface area contributed by atoms with Crippen molar-refractivity contribution in [3.05, 3.63) is 29.1 Å². The van der Waals surface area contributed by atoms with Crippen LogP contribution in [-0.2, 0) is 27.5 Å². The second-order valence-corrected chi connectivity index (χ2v) is 7.76. The molecule has 1 aromatic heterocycles. The van der Waals surface area contributed by atoms with Gasteiger partial charge in [-0.25, -0.2) is 0 Å². The van der Waals surface area contributed by atoms with E-state index in [0.29, 0.717) is 23.5 Å². The Labute approximate surface area is 175 Å². The Morgan fingerprint density at radius 2 is 1.84 bits per heavy atom. The van der Waals surface area contributed by atoms with Crippen LogP contribution in [0.4, 0.5) is 13.2 Å². The van der Waals surface area contributed by atoms with Crippen molar-refractivity contribution in [2.45, 2.75) is 38.1 Å². The van der Waals surface area contributed by atoms with Gasteiger partial charge in [-0.3, -0.25) is 34.4 Å². The first-order chi connectivity index (χ1) is 14.6. The van der Waals surface area contributed by atoms with Gasteiger partial charge in [0.1, 0.15) is 6.04 Å². The van der Waals surface area contributed by atoms with Crippen LogP contribution in [-0.4, -0.2) is 81.7 Å². The van der Waals surface area contributed by atoms with Crippen LogP contribution in [0.5, 0.6) is 0 Å². The first-order valence-corrected chi connectivity index (χ1v) is 9.85. The molecule has 31 heavy (non-hydrogen) atoms. The lowest BCUT2D eigenvalue weighted by molar-refractivity contribution is -0.187. The van der Waals surface area contributed by atoms with E-state index in [1.165, 1.54) is 4.90 Å². The fraction of sp³-hybridized carbons (Fsp3) is 0.526. The fourth-order valence-corrected chi connectivity index (χ4v) is 4.09. The van der Waals surface area contributed by atoms with E-state index in [-0.39, 0.29) is 57.4 Å². The Morgan fingerprint density at radius 3 is 2.48 bits per heavy atom. The maximum Gasteiger partial charge on any atom is 0.471 e. The molecule has 1 aromatic rings. The molecular weight excluding hydrogens is 419 g/mol. The first kappa shape index (κ1) is 21.2. The lowest BCUT2D eigenvalue weighted by Gasteiger charge is -2.34. The Kier molecular flexibility index (Phi) is 5.42. The number of hydrogen-bond donors (Lipinski definition) is 1. The van der Waals surface area contributed by atoms with Gasteiger partial charge >= 0.3 is 12.1 Å². The van der Waals surface area contributed by atoms with E-state index >= 15 is 0 Å². The first-order valence-electron chi connectivity index (χ1n) is 9.85. The molecule has 4 heterocycles. The van der Waals surface area contributed by atoms with Crippen molar-refractivity contribution in [2.24, 2.45) is 0 Å². The molecule has 1 N–H and O–H groups in total. The van der Waals surface area contributed by atoms with Crippen molar-refractivity contribution in [2.75, 3.05) is 26.2 Å². The molecule has 0 saturated carbocycles. The van der Waals surface area contributed by atoms with Crippen molar-refractivity contribution in [3.8, 4) is 0 Å². The minimum absolute atomic E-state index is 0.0228. The summed E-state index contributed by atoms with van der Waals surface area (Å²) in [5.74, 6) is -3.00. The SMILES string of the molecule is O=C1CCC(N2Cc3nc(CN4CCN(C(=O)C(F)(F)F)CC4)ccc3C2=O)C(=O)N1. The highest BCUT2D eigenvalue weighted by Gasteiger charge is 2.43. The monoisotopic (exact) mass is 439 g/mol. The molecule has 2 saturated heterocycles. The van der Waals surface area contributed by atoms with Crippen LogP contribution in [0.3, 0.4) is 0 Å². The number of pyridine rings is 1. The highest BCUT2D eigenvalue weighted by Crippen LogP contribution is 2.27. The lowest BCUT2D eigenvalue weighted by Crippen LogP contribution is -2.52. The number of halogens is 3. The van der Waals surface area contributed by atoms with E-state index < -0.39 is 24.0 Å². The number of carbonyl (C=O) groups is 4. The molecule has 0 radical (unpaired) electrons. The second-order valence-electron chi connectivity index (χ2n) is 7.76. The second kappa shape index (κ2) is 7.91. The molecular formula is C19H20F3N5O4. The van der Waals surface area contributed by atoms with Crippen LogP contribution in [0.2, 0.25) is 0 Å². The molecule has 0 spiro atoms. The third-order valence-corrected chi connectivity index (χ3v) is 5.72. The summed E-state index contributed by atoms with van der Waals surface area (Å²) in [7, 11) is 0. The highest BCUT2D eigenvalue weighted by atomic mass is 19.4. The fourth-order valence-electron chi connectivity index (χ4n) is 4.09. The van der Waals surface area contributed by atoms with E-state index in [1.807, 2.05) is 4.90 Å². The molecule has 3 aliphatic heterocycles. The zero-order valence-corrected chi connectivity index (χ0v) is 16.4. The van der Waals surface area contributed by atoms with Crippen LogP contribution in [0.25, 0.3) is 0 Å². The van der Waals surface area contributed by atoms with E-state index in [1.54, 1.807) is 12.1 Å². The maximum absolute atomic E-state index is 12.7. The number of hydrogen-bond acceptors (Lipinski definition) is 6. The van der Waals surface area contributed by atoms with E-state index in [0.717, 1.165) is 4.90 Å². The molecule has 0 bridgehead atoms. The minimum Gasteiger partial charge on any atom is -0.332 e. The zero-order valence-electron chi connectivity index (χ0n) is 16.4. The number of carbonyl (C=O) groups excluding carboxylic acids is 4. The number of rotatable bonds is 3. The minimum atomic E-state index is -4.87. The topological polar surface area (TPSA) is 103 Å². The molecule has 12 heteroatoms. The van der Waals surface area contributed by atoms with Gasteiger partial charge in [0.2, 0.25) is 11.8 Å². The molecule has 1 unspecified atom stereocenters. The van der Waals surface area contributed by atoms with Gasteiger partial charge in [-0.2, -0.15) is 13.2 Å². The Bertz CT molecular complexity index is 943. The van der Waals surface area contributed by atoms with Crippen molar-refractivity contribution in [3.63, 3.8) is 0 Å². The normalized spacial score (nSPS) is 22.5. The molecule has 1 atom stereocenters. The highest BCUT2D eigenvalue weighted by molar-refractivity contribution is 6.05. The van der Waals surface area contributed by atoms with Crippen LogP contribution >= 0.6 is 0 Å². The molecule has 0 aliphatic carbocycles. The standard InChI is InChI=1S/C19H20F3N5O4/c20-19(21,22)18(31)26-7-5-25(6-8-26)9-11-1-2-12-13(23-11)10-27(17(12)30)14-3-4-15(28)24-16(14)29/h1-2,14H,3-10H2,(H,24,28,29). The molecule has 166 valence electrons. The molecule has 4 rings (SSSR count). The Hall–Kier alpha value is -3.02. The summed E-state index contributed by atoms with van der Waals surface area (Å²) in [5.41, 5.74) is 1.57. The van der Waals surface area contributed by atoms with Crippen LogP contribution < -0.4 is 5.32 Å². The van der Waals surface area contributed by atoms with E-state index in [4.69, 9.17) is 0 Å². The van der Waals surface area contributed by atoms with Crippen molar-refractivity contribution < 1.29 is 32.3 Å². The number of imide groups is 1. The van der Waals surface area contributed by atoms with Gasteiger partial charge in [-0.1, -0.05) is 0 Å². The van der Waals surface area contributed by atoms with Crippen LogP contribution in [0.15, 0.2) is 12.1 Å². The summed E-state index contributed by atoms with van der Waals surface area (Å²) in [6.07, 6.45) is -4.44. The van der Waals surface area contributed by atoms with Gasteiger partial charge in [0.15, 0.2) is 0 Å². The van der Waals surface area contributed by atoms with Crippen LogP contribution in [0.1, 0.15) is 34.6 Å². The summed E-state index contributed by atoms with van der Waals surface area (Å²) < 4.78 is 37.7. The maximum atomic E-state index is 12.7. The predicted octanol–water partition coefficient (Wildman–Crippen LogP) is 0.0491. The average Bonchev–Trinajstić information content (AvgIpc) is 3.03. The van der Waals surface area contributed by atoms with Gasteiger partial charge in [0.25, 0.3) is 5.91 Å². The molecule has 2 fully saturated rings. The van der Waals surface area contributed by atoms with Gasteiger partial charge < -0.3 is 9.80 Å². The average molecular weight is 439 g/mol. The van der Waals surface area contributed by atoms with Gasteiger partial charge in [0, 0.05) is 39.1 Å². The molecule has 3 aliphatic rings. The predicted molar refractivity (Wildman–Crippen MR) is 98.2 cm³/mol. The van der Waals surface area contributed by atoms with Crippen molar-refractivity contribution >= 4 is 23.6 Å². The number of fused-ring (bicyclic) bond motifs is 1. The number of amides is 4. The van der Waals surface area contributed by atoms with Gasteiger partial charge in [-0.05, 0) is 18.6 Å². The third-order valence-electron chi connectivity index (χ3n) is 5.72. The van der Waals surface area contributed by atoms with E-state index in [9.17, 15) is 32.3 Å². The number of piperazine rings is 1. The van der Waals surface area contributed by atoms with Gasteiger partial charge in [-0.15, -0.1) is 0 Å². The zero-order chi connectivity index (χ0) is 22.3. The van der Waals surface area contributed by atoms with Gasteiger partial charge in [0.05, 0.1) is 23.5 Å². The van der Waals surface area contributed by atoms with Crippen molar-refractivity contribution in [1.29, 1.82) is 0 Å². The third kappa shape index (κ3) is 4.24. The largest absolute Gasteiger partial charge is 0.471 e. The lowest BCUT2D eigenvalue weighted by atomic mass is 10.0. The van der Waals surface area contributed by atoms with E-state index in [2.05, 4.69) is 10.3 Å². The molecule has 0 aromatic carbocycles. The van der Waals surface area contributed by atoms with Crippen LogP contribution in [0, 0.1) is 0 Å². The molecule has 9 nitrogen and oxygen atoms in total.